The first-order valence-electron chi connectivity index (χ1n) is 13.1. The Balaban J connectivity index is 1.50. The zero-order valence-electron chi connectivity index (χ0n) is 23.7. The number of nitrogens with one attached hydrogen (secondary N) is 1. The summed E-state index contributed by atoms with van der Waals surface area (Å²) in [6.45, 7) is 0.502. The SMILES string of the molecule is COc1ccc([C@H](Cc2c(Cl)cncc2Cl)OC(=O)c2ccc(CNc3cccc(C(=O)N(C)C)c3)cc2)cc1OC. The molecule has 0 aliphatic rings. The number of methoxy groups -OCH3 is 2. The van der Waals surface area contributed by atoms with Gasteiger partial charge in [0.1, 0.15) is 6.10 Å². The third-order valence-electron chi connectivity index (χ3n) is 6.57. The number of rotatable bonds is 11. The highest BCUT2D eigenvalue weighted by Crippen LogP contribution is 2.35. The zero-order chi connectivity index (χ0) is 30.2. The van der Waals surface area contributed by atoms with Crippen LogP contribution in [0.3, 0.4) is 0 Å². The van der Waals surface area contributed by atoms with Crippen LogP contribution in [0.15, 0.2) is 79.1 Å². The van der Waals surface area contributed by atoms with E-state index in [4.69, 9.17) is 37.4 Å². The number of aromatic nitrogens is 1. The maximum atomic E-state index is 13.3. The van der Waals surface area contributed by atoms with Crippen molar-refractivity contribution < 1.29 is 23.8 Å². The molecule has 0 spiro atoms. The molecule has 218 valence electrons. The van der Waals surface area contributed by atoms with Crippen LogP contribution in [0.5, 0.6) is 11.5 Å². The summed E-state index contributed by atoms with van der Waals surface area (Å²) >= 11 is 12.8. The number of carbonyl (C=O) groups is 2. The number of ether oxygens (including phenoxy) is 3. The first kappa shape index (κ1) is 30.7. The van der Waals surface area contributed by atoms with E-state index in [9.17, 15) is 9.59 Å². The molecule has 42 heavy (non-hydrogen) atoms. The normalized spacial score (nSPS) is 11.4. The number of amides is 1. The van der Waals surface area contributed by atoms with Crippen LogP contribution in [0.2, 0.25) is 10.0 Å². The molecule has 0 bridgehead atoms. The van der Waals surface area contributed by atoms with Gasteiger partial charge in [0.25, 0.3) is 5.91 Å². The molecule has 0 radical (unpaired) electrons. The monoisotopic (exact) mass is 607 g/mol. The zero-order valence-corrected chi connectivity index (χ0v) is 25.2. The number of benzene rings is 3. The Labute approximate surface area is 255 Å². The van der Waals surface area contributed by atoms with Gasteiger partial charge in [0.05, 0.1) is 29.8 Å². The topological polar surface area (TPSA) is 90.0 Å². The second-order valence-corrected chi connectivity index (χ2v) is 10.4. The van der Waals surface area contributed by atoms with Gasteiger partial charge in [-0.05, 0) is 59.2 Å². The molecule has 4 rings (SSSR count). The van der Waals surface area contributed by atoms with Crippen molar-refractivity contribution in [1.82, 2.24) is 9.88 Å². The lowest BCUT2D eigenvalue weighted by Crippen LogP contribution is -2.21. The summed E-state index contributed by atoms with van der Waals surface area (Å²) in [4.78, 5) is 31.1. The van der Waals surface area contributed by atoms with E-state index in [1.807, 2.05) is 30.3 Å². The number of hydrogen-bond acceptors (Lipinski definition) is 7. The molecule has 1 N–H and O–H groups in total. The van der Waals surface area contributed by atoms with Crippen molar-refractivity contribution in [2.45, 2.75) is 19.1 Å². The van der Waals surface area contributed by atoms with Crippen LogP contribution in [0.4, 0.5) is 5.69 Å². The van der Waals surface area contributed by atoms with Gasteiger partial charge in [0.15, 0.2) is 11.5 Å². The number of hydrogen-bond donors (Lipinski definition) is 1. The molecule has 0 aliphatic carbocycles. The summed E-state index contributed by atoms with van der Waals surface area (Å²) in [5.74, 6) is 0.467. The third-order valence-corrected chi connectivity index (χ3v) is 7.22. The van der Waals surface area contributed by atoms with Gasteiger partial charge in [-0.15, -0.1) is 0 Å². The summed E-state index contributed by atoms with van der Waals surface area (Å²) < 4.78 is 16.8. The maximum Gasteiger partial charge on any atom is 0.338 e. The lowest BCUT2D eigenvalue weighted by atomic mass is 10.0. The highest BCUT2D eigenvalue weighted by atomic mass is 35.5. The fraction of sp³-hybridized carbons (Fsp3) is 0.219. The molecule has 0 saturated carbocycles. The molecule has 1 heterocycles. The highest BCUT2D eigenvalue weighted by molar-refractivity contribution is 6.35. The average Bonchev–Trinajstić information content (AvgIpc) is 3.00. The molecule has 10 heteroatoms. The van der Waals surface area contributed by atoms with Gasteiger partial charge in [-0.3, -0.25) is 9.78 Å². The second-order valence-electron chi connectivity index (χ2n) is 9.63. The molecule has 4 aromatic rings. The Morgan fingerprint density at radius 2 is 1.57 bits per heavy atom. The predicted octanol–water partition coefficient (Wildman–Crippen LogP) is 6.86. The maximum absolute atomic E-state index is 13.3. The fourth-order valence-corrected chi connectivity index (χ4v) is 4.80. The van der Waals surface area contributed by atoms with Crippen LogP contribution in [0, 0.1) is 0 Å². The van der Waals surface area contributed by atoms with Crippen molar-refractivity contribution in [3.63, 3.8) is 0 Å². The second kappa shape index (κ2) is 14.1. The number of carbonyl (C=O) groups excluding carboxylic acids is 2. The Hall–Kier alpha value is -4.27. The minimum absolute atomic E-state index is 0.0682. The van der Waals surface area contributed by atoms with Crippen molar-refractivity contribution in [2.75, 3.05) is 33.6 Å². The first-order chi connectivity index (χ1) is 20.2. The highest BCUT2D eigenvalue weighted by Gasteiger charge is 2.23. The molecule has 0 saturated heterocycles. The number of nitrogens with zero attached hydrogens (tertiary/aromatic N) is 2. The van der Waals surface area contributed by atoms with Crippen molar-refractivity contribution in [3.8, 4) is 11.5 Å². The number of halogens is 2. The van der Waals surface area contributed by atoms with Crippen LogP contribution >= 0.6 is 23.2 Å². The van der Waals surface area contributed by atoms with E-state index >= 15 is 0 Å². The lowest BCUT2D eigenvalue weighted by Gasteiger charge is -2.21. The van der Waals surface area contributed by atoms with E-state index in [0.29, 0.717) is 50.3 Å². The number of pyridine rings is 1. The first-order valence-corrected chi connectivity index (χ1v) is 13.8. The summed E-state index contributed by atoms with van der Waals surface area (Å²) in [5, 5.41) is 4.06. The van der Waals surface area contributed by atoms with Crippen LogP contribution < -0.4 is 14.8 Å². The minimum Gasteiger partial charge on any atom is -0.493 e. The Morgan fingerprint density at radius 3 is 2.21 bits per heavy atom. The van der Waals surface area contributed by atoms with Gasteiger partial charge < -0.3 is 24.4 Å². The van der Waals surface area contributed by atoms with E-state index in [-0.39, 0.29) is 12.3 Å². The van der Waals surface area contributed by atoms with Gasteiger partial charge in [-0.25, -0.2) is 4.79 Å². The lowest BCUT2D eigenvalue weighted by molar-refractivity contribution is 0.0297. The standard InChI is InChI=1S/C32H31Cl2N3O5/c1-37(2)31(38)23-6-5-7-24(14-23)36-17-20-8-10-21(11-9-20)32(39)42-29(16-25-26(33)18-35-19-27(25)34)22-12-13-28(40-3)30(15-22)41-4/h5-15,18-19,29,36H,16-17H2,1-4H3/t29-/m0/s1. The predicted molar refractivity (Wildman–Crippen MR) is 164 cm³/mol. The molecule has 1 amide bonds. The van der Waals surface area contributed by atoms with Gasteiger partial charge in [-0.2, -0.15) is 0 Å². The Kier molecular flexibility index (Phi) is 10.3. The smallest absolute Gasteiger partial charge is 0.338 e. The van der Waals surface area contributed by atoms with Gasteiger partial charge in [0, 0.05) is 50.7 Å². The van der Waals surface area contributed by atoms with Crippen molar-refractivity contribution in [3.05, 3.63) is 117 Å². The van der Waals surface area contributed by atoms with E-state index in [2.05, 4.69) is 10.3 Å². The number of esters is 1. The van der Waals surface area contributed by atoms with Gasteiger partial charge >= 0.3 is 5.97 Å². The quantitative estimate of drug-likeness (QED) is 0.186. The van der Waals surface area contributed by atoms with Crippen LogP contribution in [-0.2, 0) is 17.7 Å². The van der Waals surface area contributed by atoms with E-state index in [1.54, 1.807) is 57.6 Å². The molecule has 0 fully saturated rings. The van der Waals surface area contributed by atoms with E-state index in [1.165, 1.54) is 24.4 Å². The van der Waals surface area contributed by atoms with Crippen LogP contribution in [-0.4, -0.2) is 50.1 Å². The van der Waals surface area contributed by atoms with Crippen molar-refractivity contribution >= 4 is 40.8 Å². The molecular weight excluding hydrogens is 577 g/mol. The Bertz CT molecular complexity index is 1540. The van der Waals surface area contributed by atoms with Gasteiger partial charge in [0.2, 0.25) is 0 Å². The van der Waals surface area contributed by atoms with Gasteiger partial charge in [-0.1, -0.05) is 47.5 Å². The third kappa shape index (κ3) is 7.51. The molecule has 0 unspecified atom stereocenters. The van der Waals surface area contributed by atoms with E-state index < -0.39 is 12.1 Å². The van der Waals surface area contributed by atoms with Crippen LogP contribution in [0.25, 0.3) is 0 Å². The summed E-state index contributed by atoms with van der Waals surface area (Å²) in [7, 11) is 6.52. The molecular formula is C32H31Cl2N3O5. The Morgan fingerprint density at radius 1 is 0.881 bits per heavy atom. The molecule has 1 aromatic heterocycles. The van der Waals surface area contributed by atoms with E-state index in [0.717, 1.165) is 11.3 Å². The molecule has 3 aromatic carbocycles. The van der Waals surface area contributed by atoms with Crippen molar-refractivity contribution in [2.24, 2.45) is 0 Å². The summed E-state index contributed by atoms with van der Waals surface area (Å²) in [6, 6.07) is 19.7. The summed E-state index contributed by atoms with van der Waals surface area (Å²) in [5.41, 5.74) is 4.04. The number of anilines is 1. The fourth-order valence-electron chi connectivity index (χ4n) is 4.28. The summed E-state index contributed by atoms with van der Waals surface area (Å²) in [6.07, 6.45) is 2.49. The van der Waals surface area contributed by atoms with Crippen molar-refractivity contribution in [1.29, 1.82) is 0 Å². The largest absolute Gasteiger partial charge is 0.493 e. The molecule has 0 aliphatic heterocycles. The molecule has 1 atom stereocenters. The molecule has 8 nitrogen and oxygen atoms in total. The minimum atomic E-state index is -0.729. The van der Waals surface area contributed by atoms with Crippen LogP contribution in [0.1, 0.15) is 43.5 Å². The average molecular weight is 609 g/mol.